The predicted molar refractivity (Wildman–Crippen MR) is 106 cm³/mol. The minimum Gasteiger partial charge on any atom is -0.353 e. The summed E-state index contributed by atoms with van der Waals surface area (Å²) in [6.07, 6.45) is 4.93. The number of carbonyl (C=O) groups is 1. The number of piperidine rings is 1. The molecule has 2 aliphatic rings. The van der Waals surface area contributed by atoms with Gasteiger partial charge in [0.25, 0.3) is 10.2 Å². The molecule has 0 radical (unpaired) electrons. The molecule has 27 heavy (non-hydrogen) atoms. The highest BCUT2D eigenvalue weighted by Crippen LogP contribution is 2.24. The fourth-order valence-corrected chi connectivity index (χ4v) is 5.61. The van der Waals surface area contributed by atoms with Crippen LogP contribution in [0.2, 0.25) is 0 Å². The summed E-state index contributed by atoms with van der Waals surface area (Å²) in [5.74, 6) is -0.0250. The summed E-state index contributed by atoms with van der Waals surface area (Å²) >= 11 is 0. The molecule has 1 aromatic carbocycles. The average molecular weight is 394 g/mol. The summed E-state index contributed by atoms with van der Waals surface area (Å²) in [5.41, 5.74) is 1.28. The zero-order valence-corrected chi connectivity index (χ0v) is 17.0. The maximum absolute atomic E-state index is 12.6. The van der Waals surface area contributed by atoms with E-state index in [9.17, 15) is 13.2 Å². The second kappa shape index (κ2) is 9.17. The van der Waals surface area contributed by atoms with Crippen LogP contribution in [0.4, 0.5) is 0 Å². The minimum absolute atomic E-state index is 0.0637. The van der Waals surface area contributed by atoms with E-state index in [-0.39, 0.29) is 17.9 Å². The number of nitrogens with one attached hydrogen (secondary N) is 1. The Hall–Kier alpha value is -1.44. The van der Waals surface area contributed by atoms with Crippen LogP contribution in [-0.2, 0) is 21.4 Å². The van der Waals surface area contributed by atoms with Crippen LogP contribution in [0.3, 0.4) is 0 Å². The first-order valence-electron chi connectivity index (χ1n) is 10.1. The molecule has 2 saturated heterocycles. The van der Waals surface area contributed by atoms with Gasteiger partial charge in [-0.2, -0.15) is 17.0 Å². The Bertz CT molecular complexity index is 709. The molecule has 1 aromatic rings. The molecule has 0 aromatic heterocycles. The fraction of sp³-hybridized carbons (Fsp3) is 0.650. The van der Waals surface area contributed by atoms with Gasteiger partial charge in [0.15, 0.2) is 0 Å². The smallest absolute Gasteiger partial charge is 0.281 e. The molecule has 1 N–H and O–H groups in total. The van der Waals surface area contributed by atoms with Crippen molar-refractivity contribution >= 4 is 16.1 Å². The Morgan fingerprint density at radius 3 is 2.30 bits per heavy atom. The highest BCUT2D eigenvalue weighted by atomic mass is 32.2. The van der Waals surface area contributed by atoms with E-state index in [4.69, 9.17) is 0 Å². The van der Waals surface area contributed by atoms with Crippen molar-refractivity contribution in [1.29, 1.82) is 0 Å². The summed E-state index contributed by atoms with van der Waals surface area (Å²) in [5, 5.41) is 3.11. The number of aryl methyl sites for hydroxylation is 1. The molecule has 1 atom stereocenters. The second-order valence-corrected chi connectivity index (χ2v) is 9.65. The Kier molecular flexibility index (Phi) is 6.89. The van der Waals surface area contributed by atoms with Crippen LogP contribution in [0.5, 0.6) is 0 Å². The van der Waals surface area contributed by atoms with Crippen molar-refractivity contribution in [2.24, 2.45) is 5.92 Å². The second-order valence-electron chi connectivity index (χ2n) is 7.72. The summed E-state index contributed by atoms with van der Waals surface area (Å²) < 4.78 is 28.4. The molecule has 0 unspecified atom stereocenters. The quantitative estimate of drug-likeness (QED) is 0.772. The van der Waals surface area contributed by atoms with Crippen molar-refractivity contribution in [2.75, 3.05) is 26.2 Å². The lowest BCUT2D eigenvalue weighted by molar-refractivity contribution is -0.126. The maximum Gasteiger partial charge on any atom is 0.281 e. The Labute approximate surface area is 163 Å². The SMILES string of the molecule is C[C@@H](CCc1ccccc1)NC(=O)C1CCN(S(=O)(=O)N2CCCC2)CC1. The lowest BCUT2D eigenvalue weighted by Crippen LogP contribution is -2.48. The molecule has 2 heterocycles. The minimum atomic E-state index is -3.34. The Morgan fingerprint density at radius 2 is 1.67 bits per heavy atom. The van der Waals surface area contributed by atoms with Gasteiger partial charge in [-0.05, 0) is 51.0 Å². The lowest BCUT2D eigenvalue weighted by Gasteiger charge is -2.33. The van der Waals surface area contributed by atoms with E-state index in [1.165, 1.54) is 5.56 Å². The third-order valence-corrected chi connectivity index (χ3v) is 7.68. The third-order valence-electron chi connectivity index (χ3n) is 5.64. The maximum atomic E-state index is 12.6. The summed E-state index contributed by atoms with van der Waals surface area (Å²) in [6, 6.07) is 10.4. The zero-order chi connectivity index (χ0) is 19.3. The van der Waals surface area contributed by atoms with Gasteiger partial charge in [-0.1, -0.05) is 30.3 Å². The first kappa shape index (κ1) is 20.3. The van der Waals surface area contributed by atoms with Gasteiger partial charge in [0, 0.05) is 38.1 Å². The van der Waals surface area contributed by atoms with Gasteiger partial charge in [0.05, 0.1) is 0 Å². The van der Waals surface area contributed by atoms with Crippen molar-refractivity contribution < 1.29 is 13.2 Å². The molecule has 0 saturated carbocycles. The van der Waals surface area contributed by atoms with Crippen LogP contribution in [0.15, 0.2) is 30.3 Å². The van der Waals surface area contributed by atoms with Crippen molar-refractivity contribution in [3.8, 4) is 0 Å². The van der Waals surface area contributed by atoms with Gasteiger partial charge < -0.3 is 5.32 Å². The predicted octanol–water partition coefficient (Wildman–Crippen LogP) is 2.18. The van der Waals surface area contributed by atoms with E-state index in [1.807, 2.05) is 25.1 Å². The molecule has 0 bridgehead atoms. The van der Waals surface area contributed by atoms with Crippen molar-refractivity contribution in [1.82, 2.24) is 13.9 Å². The highest BCUT2D eigenvalue weighted by molar-refractivity contribution is 7.86. The van der Waals surface area contributed by atoms with E-state index >= 15 is 0 Å². The van der Waals surface area contributed by atoms with Crippen molar-refractivity contribution in [3.63, 3.8) is 0 Å². The Balaban J connectivity index is 1.42. The number of nitrogens with zero attached hydrogens (tertiary/aromatic N) is 2. The normalized spacial score (nSPS) is 21.2. The molecule has 1 amide bonds. The third kappa shape index (κ3) is 5.30. The number of amides is 1. The number of hydrogen-bond acceptors (Lipinski definition) is 3. The van der Waals surface area contributed by atoms with Crippen LogP contribution in [0, 0.1) is 5.92 Å². The molecule has 0 spiro atoms. The average Bonchev–Trinajstić information content (AvgIpc) is 3.23. The lowest BCUT2D eigenvalue weighted by atomic mass is 9.96. The number of carbonyl (C=O) groups excluding carboxylic acids is 1. The van der Waals surface area contributed by atoms with Crippen LogP contribution in [0.25, 0.3) is 0 Å². The van der Waals surface area contributed by atoms with Gasteiger partial charge in [0.1, 0.15) is 0 Å². The number of rotatable bonds is 7. The fourth-order valence-electron chi connectivity index (χ4n) is 3.89. The molecule has 3 rings (SSSR count). The van der Waals surface area contributed by atoms with Crippen molar-refractivity contribution in [3.05, 3.63) is 35.9 Å². The van der Waals surface area contributed by atoms with E-state index in [2.05, 4.69) is 17.4 Å². The van der Waals surface area contributed by atoms with Crippen LogP contribution in [-0.4, -0.2) is 55.2 Å². The largest absolute Gasteiger partial charge is 0.353 e. The van der Waals surface area contributed by atoms with Gasteiger partial charge >= 0.3 is 0 Å². The summed E-state index contributed by atoms with van der Waals surface area (Å²) in [4.78, 5) is 12.5. The zero-order valence-electron chi connectivity index (χ0n) is 16.1. The highest BCUT2D eigenvalue weighted by Gasteiger charge is 2.35. The van der Waals surface area contributed by atoms with Gasteiger partial charge in [0.2, 0.25) is 5.91 Å². The van der Waals surface area contributed by atoms with Crippen molar-refractivity contribution in [2.45, 2.75) is 51.5 Å². The Morgan fingerprint density at radius 1 is 1.07 bits per heavy atom. The molecule has 7 heteroatoms. The van der Waals surface area contributed by atoms with Gasteiger partial charge in [-0.15, -0.1) is 0 Å². The van der Waals surface area contributed by atoms with E-state index in [1.54, 1.807) is 8.61 Å². The number of hydrogen-bond donors (Lipinski definition) is 1. The van der Waals surface area contributed by atoms with Crippen LogP contribution < -0.4 is 5.32 Å². The topological polar surface area (TPSA) is 69.7 Å². The monoisotopic (exact) mass is 393 g/mol. The van der Waals surface area contributed by atoms with E-state index in [0.717, 1.165) is 25.7 Å². The molecule has 150 valence electrons. The summed E-state index contributed by atoms with van der Waals surface area (Å²) in [6.45, 7) is 4.17. The standard InChI is InChI=1S/C20H31N3O3S/c1-17(9-10-18-7-3-2-4-8-18)21-20(24)19-11-15-23(16-12-19)27(25,26)22-13-5-6-14-22/h2-4,7-8,17,19H,5-6,9-16H2,1H3,(H,21,24)/t17-/m0/s1. The summed E-state index contributed by atoms with van der Waals surface area (Å²) in [7, 11) is -3.34. The van der Waals surface area contributed by atoms with Crippen LogP contribution in [0.1, 0.15) is 44.6 Å². The molecule has 2 aliphatic heterocycles. The first-order chi connectivity index (χ1) is 13.0. The molecule has 2 fully saturated rings. The number of benzene rings is 1. The molecular formula is C20H31N3O3S. The molecule has 0 aliphatic carbocycles. The van der Waals surface area contributed by atoms with Gasteiger partial charge in [-0.25, -0.2) is 0 Å². The van der Waals surface area contributed by atoms with E-state index < -0.39 is 10.2 Å². The van der Waals surface area contributed by atoms with E-state index in [0.29, 0.717) is 39.0 Å². The van der Waals surface area contributed by atoms with Crippen LogP contribution >= 0.6 is 0 Å². The van der Waals surface area contributed by atoms with Gasteiger partial charge in [-0.3, -0.25) is 4.79 Å². The molecule has 6 nitrogen and oxygen atoms in total. The first-order valence-corrected chi connectivity index (χ1v) is 11.5. The molecular weight excluding hydrogens is 362 g/mol.